The highest BCUT2D eigenvalue weighted by Gasteiger charge is 2.41. The maximum Gasteiger partial charge on any atom is 0.239 e. The Morgan fingerprint density at radius 2 is 1.63 bits per heavy atom. The third-order valence-corrected chi connectivity index (χ3v) is 7.15. The summed E-state index contributed by atoms with van der Waals surface area (Å²) in [5.74, 6) is -0.849. The van der Waals surface area contributed by atoms with Crippen molar-refractivity contribution in [3.05, 3.63) is 107 Å². The molecule has 5 nitrogen and oxygen atoms in total. The van der Waals surface area contributed by atoms with Crippen LogP contribution in [0.25, 0.3) is 0 Å². The number of nitrogens with one attached hydrogen (secondary N) is 2. The van der Waals surface area contributed by atoms with Crippen LogP contribution in [0.15, 0.2) is 84.1 Å². The molecule has 0 fully saturated rings. The molecule has 7 heteroatoms. The van der Waals surface area contributed by atoms with E-state index in [-0.39, 0.29) is 35.3 Å². The number of hydrogen-bond acceptors (Lipinski definition) is 4. The van der Waals surface area contributed by atoms with Gasteiger partial charge in [0.2, 0.25) is 5.91 Å². The highest BCUT2D eigenvalue weighted by Crippen LogP contribution is 2.48. The van der Waals surface area contributed by atoms with Crippen molar-refractivity contribution in [2.24, 2.45) is 5.41 Å². The molecule has 0 saturated carbocycles. The summed E-state index contributed by atoms with van der Waals surface area (Å²) in [6.07, 6.45) is 1.63. The van der Waals surface area contributed by atoms with E-state index in [1.807, 2.05) is 29.2 Å². The molecule has 1 aliphatic carbocycles. The lowest BCUT2D eigenvalue weighted by atomic mass is 9.73. The first kappa shape index (κ1) is 25.6. The summed E-state index contributed by atoms with van der Waals surface area (Å²) in [6.45, 7) is 4.54. The molecule has 196 valence electrons. The van der Waals surface area contributed by atoms with E-state index in [4.69, 9.17) is 0 Å². The third-order valence-electron chi connectivity index (χ3n) is 7.15. The van der Waals surface area contributed by atoms with Crippen LogP contribution < -0.4 is 15.5 Å². The van der Waals surface area contributed by atoms with Gasteiger partial charge in [-0.25, -0.2) is 8.78 Å². The number of fused-ring (bicyclic) bond motifs is 1. The number of hydrogen-bond donors (Lipinski definition) is 2. The number of anilines is 2. The summed E-state index contributed by atoms with van der Waals surface area (Å²) in [6, 6.07) is 19.5. The minimum atomic E-state index is -0.562. The van der Waals surface area contributed by atoms with E-state index in [1.54, 1.807) is 24.3 Å². The summed E-state index contributed by atoms with van der Waals surface area (Å²) in [7, 11) is 0. The molecular formula is C31H31F2N3O2. The standard InChI is InChI=1S/C31H31F2N3O2/c1-31(2)17-25-29(27(37)18-31)30(21-9-13-23(33)14-10-21)36(26-6-4-3-5-24(26)35-25)19-28(38)34-16-15-20-7-11-22(32)12-8-20/h3-14,30,35H,15-19H2,1-2H3,(H,34,38). The molecule has 2 aliphatic rings. The summed E-state index contributed by atoms with van der Waals surface area (Å²) in [5.41, 5.74) is 4.51. The molecule has 0 saturated heterocycles. The molecule has 3 aromatic rings. The van der Waals surface area contributed by atoms with Crippen LogP contribution in [0.5, 0.6) is 0 Å². The number of amides is 1. The molecule has 3 aromatic carbocycles. The van der Waals surface area contributed by atoms with Crippen LogP contribution in [0.3, 0.4) is 0 Å². The number of nitrogens with zero attached hydrogens (tertiary/aromatic N) is 1. The molecule has 5 rings (SSSR count). The Morgan fingerprint density at radius 3 is 2.34 bits per heavy atom. The van der Waals surface area contributed by atoms with Gasteiger partial charge in [0.1, 0.15) is 11.6 Å². The molecule has 0 radical (unpaired) electrons. The van der Waals surface area contributed by atoms with Gasteiger partial charge < -0.3 is 15.5 Å². The van der Waals surface area contributed by atoms with Crippen molar-refractivity contribution < 1.29 is 18.4 Å². The Hall–Kier alpha value is -4.00. The number of carbonyl (C=O) groups is 2. The molecule has 0 bridgehead atoms. The maximum atomic E-state index is 13.9. The van der Waals surface area contributed by atoms with Gasteiger partial charge in [-0.3, -0.25) is 9.59 Å². The van der Waals surface area contributed by atoms with Crippen molar-refractivity contribution in [1.82, 2.24) is 5.32 Å². The van der Waals surface area contributed by atoms with Gasteiger partial charge in [-0.05, 0) is 65.8 Å². The van der Waals surface area contributed by atoms with Gasteiger partial charge in [-0.2, -0.15) is 0 Å². The Bertz CT molecular complexity index is 1380. The zero-order valence-electron chi connectivity index (χ0n) is 21.6. The minimum Gasteiger partial charge on any atom is -0.357 e. The van der Waals surface area contributed by atoms with Crippen LogP contribution in [0.4, 0.5) is 20.2 Å². The second-order valence-corrected chi connectivity index (χ2v) is 10.8. The summed E-state index contributed by atoms with van der Waals surface area (Å²) in [5, 5.41) is 6.48. The van der Waals surface area contributed by atoms with Crippen LogP contribution in [0.1, 0.15) is 43.9 Å². The van der Waals surface area contributed by atoms with Gasteiger partial charge in [0.15, 0.2) is 5.78 Å². The predicted molar refractivity (Wildman–Crippen MR) is 145 cm³/mol. The van der Waals surface area contributed by atoms with Gasteiger partial charge in [0.25, 0.3) is 0 Å². The topological polar surface area (TPSA) is 61.4 Å². The Labute approximate surface area is 221 Å². The highest BCUT2D eigenvalue weighted by atomic mass is 19.1. The zero-order chi connectivity index (χ0) is 26.9. The molecule has 0 spiro atoms. The van der Waals surface area contributed by atoms with E-state index in [0.717, 1.165) is 28.2 Å². The third kappa shape index (κ3) is 5.47. The SMILES string of the molecule is CC1(C)CC(=O)C2=C(C1)Nc1ccccc1N(CC(=O)NCCc1ccc(F)cc1)C2c1ccc(F)cc1. The molecule has 1 atom stereocenters. The van der Waals surface area contributed by atoms with Gasteiger partial charge in [-0.15, -0.1) is 0 Å². The molecular weight excluding hydrogens is 484 g/mol. The molecule has 1 amide bonds. The van der Waals surface area contributed by atoms with Crippen LogP contribution in [0.2, 0.25) is 0 Å². The first-order valence-corrected chi connectivity index (χ1v) is 12.9. The fourth-order valence-electron chi connectivity index (χ4n) is 5.43. The van der Waals surface area contributed by atoms with Crippen LogP contribution in [-0.2, 0) is 16.0 Å². The van der Waals surface area contributed by atoms with Crippen molar-refractivity contribution in [3.63, 3.8) is 0 Å². The monoisotopic (exact) mass is 515 g/mol. The molecule has 38 heavy (non-hydrogen) atoms. The number of ketones is 1. The lowest BCUT2D eigenvalue weighted by molar-refractivity contribution is -0.120. The lowest BCUT2D eigenvalue weighted by Gasteiger charge is -2.37. The number of benzene rings is 3. The number of rotatable bonds is 6. The fraction of sp³-hybridized carbons (Fsp3) is 0.290. The van der Waals surface area contributed by atoms with Gasteiger partial charge in [-0.1, -0.05) is 50.2 Å². The Kier molecular flexibility index (Phi) is 7.02. The van der Waals surface area contributed by atoms with Crippen LogP contribution in [-0.4, -0.2) is 24.8 Å². The molecule has 1 aliphatic heterocycles. The van der Waals surface area contributed by atoms with Crippen molar-refractivity contribution >= 4 is 23.1 Å². The van der Waals surface area contributed by atoms with E-state index >= 15 is 0 Å². The maximum absolute atomic E-state index is 13.9. The van der Waals surface area contributed by atoms with Crippen LogP contribution in [0, 0.1) is 17.0 Å². The van der Waals surface area contributed by atoms with Gasteiger partial charge in [0, 0.05) is 24.2 Å². The zero-order valence-corrected chi connectivity index (χ0v) is 21.6. The molecule has 2 N–H and O–H groups in total. The number of allylic oxidation sites excluding steroid dienone is 1. The van der Waals surface area contributed by atoms with E-state index in [2.05, 4.69) is 24.5 Å². The van der Waals surface area contributed by atoms with E-state index in [9.17, 15) is 18.4 Å². The van der Waals surface area contributed by atoms with E-state index < -0.39 is 6.04 Å². The Morgan fingerprint density at radius 1 is 0.974 bits per heavy atom. The fourth-order valence-corrected chi connectivity index (χ4v) is 5.43. The van der Waals surface area contributed by atoms with E-state index in [1.165, 1.54) is 24.3 Å². The highest BCUT2D eigenvalue weighted by molar-refractivity contribution is 6.01. The van der Waals surface area contributed by atoms with Crippen molar-refractivity contribution in [2.75, 3.05) is 23.3 Å². The average molecular weight is 516 g/mol. The van der Waals surface area contributed by atoms with Gasteiger partial charge in [0.05, 0.1) is 24.0 Å². The average Bonchev–Trinajstić information content (AvgIpc) is 2.99. The minimum absolute atomic E-state index is 0.00237. The lowest BCUT2D eigenvalue weighted by Crippen LogP contribution is -2.42. The number of para-hydroxylation sites is 2. The molecule has 1 heterocycles. The first-order valence-electron chi connectivity index (χ1n) is 12.9. The second-order valence-electron chi connectivity index (χ2n) is 10.8. The normalized spacial score (nSPS) is 18.3. The van der Waals surface area contributed by atoms with Crippen LogP contribution >= 0.6 is 0 Å². The molecule has 1 unspecified atom stereocenters. The quantitative estimate of drug-likeness (QED) is 0.427. The largest absolute Gasteiger partial charge is 0.357 e. The number of halogens is 2. The van der Waals surface area contributed by atoms with Crippen molar-refractivity contribution in [3.8, 4) is 0 Å². The summed E-state index contributed by atoms with van der Waals surface area (Å²) in [4.78, 5) is 28.8. The molecule has 0 aromatic heterocycles. The predicted octanol–water partition coefficient (Wildman–Crippen LogP) is 5.94. The Balaban J connectivity index is 1.50. The first-order chi connectivity index (χ1) is 18.2. The number of Topliss-reactive ketones (excluding diaryl/α,β-unsaturated/α-hetero) is 1. The van der Waals surface area contributed by atoms with Gasteiger partial charge >= 0.3 is 0 Å². The van der Waals surface area contributed by atoms with E-state index in [0.29, 0.717) is 31.4 Å². The summed E-state index contributed by atoms with van der Waals surface area (Å²) >= 11 is 0. The second kappa shape index (κ2) is 10.4. The van der Waals surface area contributed by atoms with Crippen molar-refractivity contribution in [1.29, 1.82) is 0 Å². The summed E-state index contributed by atoms with van der Waals surface area (Å²) < 4.78 is 27.1. The number of carbonyl (C=O) groups excluding carboxylic acids is 2. The van der Waals surface area contributed by atoms with Crippen molar-refractivity contribution in [2.45, 2.75) is 39.2 Å². The smallest absolute Gasteiger partial charge is 0.239 e.